The minimum absolute atomic E-state index is 0.0149. The fourth-order valence-corrected chi connectivity index (χ4v) is 4.52. The first-order valence-corrected chi connectivity index (χ1v) is 8.71. The highest BCUT2D eigenvalue weighted by Crippen LogP contribution is 2.38. The van der Waals surface area contributed by atoms with Crippen molar-refractivity contribution in [3.63, 3.8) is 0 Å². The first kappa shape index (κ1) is 16.3. The third-order valence-corrected chi connectivity index (χ3v) is 5.81. The maximum atomic E-state index is 9.87. The summed E-state index contributed by atoms with van der Waals surface area (Å²) < 4.78 is 0. The standard InChI is InChI=1S/C17H34N2O/c1-4-18-17(13-20)9-5-6-16(17)8-11-19-10-7-14(2)12-15(19)3/h14-16,18,20H,4-13H2,1-3H3. The number of nitrogens with one attached hydrogen (secondary N) is 1. The average Bonchev–Trinajstić information content (AvgIpc) is 2.82. The van der Waals surface area contributed by atoms with Crippen molar-refractivity contribution in [2.45, 2.75) is 70.9 Å². The van der Waals surface area contributed by atoms with E-state index in [1.807, 2.05) is 0 Å². The molecule has 0 spiro atoms. The molecule has 2 fully saturated rings. The van der Waals surface area contributed by atoms with Gasteiger partial charge in [-0.25, -0.2) is 0 Å². The van der Waals surface area contributed by atoms with E-state index in [1.165, 1.54) is 45.2 Å². The van der Waals surface area contributed by atoms with E-state index in [-0.39, 0.29) is 5.54 Å². The number of piperidine rings is 1. The molecule has 1 heterocycles. The van der Waals surface area contributed by atoms with Gasteiger partial charge in [0.15, 0.2) is 0 Å². The summed E-state index contributed by atoms with van der Waals surface area (Å²) in [6.07, 6.45) is 7.65. The molecule has 0 aromatic heterocycles. The number of likely N-dealkylation sites (tertiary alicyclic amines) is 1. The molecule has 0 amide bonds. The summed E-state index contributed by atoms with van der Waals surface area (Å²) in [6.45, 7) is 10.7. The van der Waals surface area contributed by atoms with Gasteiger partial charge in [0.25, 0.3) is 0 Å². The Morgan fingerprint density at radius 3 is 2.75 bits per heavy atom. The van der Waals surface area contributed by atoms with Crippen LogP contribution in [0, 0.1) is 11.8 Å². The fraction of sp³-hybridized carbons (Fsp3) is 1.00. The number of hydrogen-bond donors (Lipinski definition) is 2. The molecule has 2 N–H and O–H groups in total. The highest BCUT2D eigenvalue weighted by atomic mass is 16.3. The van der Waals surface area contributed by atoms with Gasteiger partial charge in [0.2, 0.25) is 0 Å². The Labute approximate surface area is 125 Å². The first-order chi connectivity index (χ1) is 9.61. The number of aliphatic hydroxyl groups is 1. The van der Waals surface area contributed by atoms with Crippen molar-refractivity contribution >= 4 is 0 Å². The van der Waals surface area contributed by atoms with Crippen molar-refractivity contribution in [3.8, 4) is 0 Å². The van der Waals surface area contributed by atoms with Crippen LogP contribution in [-0.4, -0.2) is 47.8 Å². The Bertz CT molecular complexity index is 297. The smallest absolute Gasteiger partial charge is 0.0616 e. The second-order valence-corrected chi connectivity index (χ2v) is 7.24. The van der Waals surface area contributed by atoms with Gasteiger partial charge in [0, 0.05) is 11.6 Å². The molecule has 4 atom stereocenters. The zero-order chi connectivity index (χ0) is 14.6. The van der Waals surface area contributed by atoms with Gasteiger partial charge in [-0.2, -0.15) is 0 Å². The van der Waals surface area contributed by atoms with E-state index in [1.54, 1.807) is 0 Å². The molecule has 1 aliphatic heterocycles. The summed E-state index contributed by atoms with van der Waals surface area (Å²) in [4.78, 5) is 2.67. The van der Waals surface area contributed by atoms with E-state index < -0.39 is 0 Å². The van der Waals surface area contributed by atoms with Crippen molar-refractivity contribution in [1.29, 1.82) is 0 Å². The van der Waals surface area contributed by atoms with Crippen LogP contribution in [0.1, 0.15) is 59.3 Å². The molecule has 0 bridgehead atoms. The lowest BCUT2D eigenvalue weighted by Crippen LogP contribution is -2.52. The molecule has 3 nitrogen and oxygen atoms in total. The van der Waals surface area contributed by atoms with Gasteiger partial charge in [0.05, 0.1) is 6.61 Å². The van der Waals surface area contributed by atoms with Gasteiger partial charge in [-0.3, -0.25) is 0 Å². The Morgan fingerprint density at radius 2 is 2.10 bits per heavy atom. The molecule has 0 radical (unpaired) electrons. The Balaban J connectivity index is 1.86. The zero-order valence-corrected chi connectivity index (χ0v) is 13.7. The van der Waals surface area contributed by atoms with Crippen LogP contribution < -0.4 is 5.32 Å². The minimum Gasteiger partial charge on any atom is -0.394 e. The normalized spacial score (nSPS) is 39.3. The maximum Gasteiger partial charge on any atom is 0.0616 e. The summed E-state index contributed by atoms with van der Waals surface area (Å²) in [7, 11) is 0. The zero-order valence-electron chi connectivity index (χ0n) is 13.7. The molecule has 1 saturated carbocycles. The summed E-state index contributed by atoms with van der Waals surface area (Å²) in [5.74, 6) is 1.55. The van der Waals surface area contributed by atoms with Crippen molar-refractivity contribution in [2.75, 3.05) is 26.2 Å². The summed E-state index contributed by atoms with van der Waals surface area (Å²) >= 11 is 0. The molecule has 2 aliphatic rings. The van der Waals surface area contributed by atoms with Crippen molar-refractivity contribution < 1.29 is 5.11 Å². The van der Waals surface area contributed by atoms with Gasteiger partial charge in [-0.05, 0) is 70.5 Å². The SMILES string of the molecule is CCNC1(CO)CCCC1CCN1CCC(C)CC1C. The monoisotopic (exact) mass is 282 g/mol. The molecule has 1 saturated heterocycles. The van der Waals surface area contributed by atoms with Crippen LogP contribution in [0.2, 0.25) is 0 Å². The van der Waals surface area contributed by atoms with Crippen molar-refractivity contribution in [2.24, 2.45) is 11.8 Å². The summed E-state index contributed by atoms with van der Waals surface area (Å²) in [5, 5.41) is 13.5. The number of aliphatic hydroxyl groups excluding tert-OH is 1. The molecular weight excluding hydrogens is 248 g/mol. The van der Waals surface area contributed by atoms with Gasteiger partial charge in [0.1, 0.15) is 0 Å². The van der Waals surface area contributed by atoms with Crippen LogP contribution in [-0.2, 0) is 0 Å². The fourth-order valence-electron chi connectivity index (χ4n) is 4.52. The van der Waals surface area contributed by atoms with E-state index >= 15 is 0 Å². The lowest BCUT2D eigenvalue weighted by Gasteiger charge is -2.39. The van der Waals surface area contributed by atoms with Crippen LogP contribution in [0.3, 0.4) is 0 Å². The number of likely N-dealkylation sites (N-methyl/N-ethyl adjacent to an activating group) is 1. The molecule has 1 aliphatic carbocycles. The molecule has 4 unspecified atom stereocenters. The highest BCUT2D eigenvalue weighted by Gasteiger charge is 2.41. The van der Waals surface area contributed by atoms with E-state index in [0.717, 1.165) is 24.9 Å². The van der Waals surface area contributed by atoms with Gasteiger partial charge < -0.3 is 15.3 Å². The predicted octanol–water partition coefficient (Wildman–Crippen LogP) is 2.64. The van der Waals surface area contributed by atoms with E-state index in [4.69, 9.17) is 0 Å². The van der Waals surface area contributed by atoms with E-state index in [9.17, 15) is 5.11 Å². The lowest BCUT2D eigenvalue weighted by molar-refractivity contribution is 0.0895. The van der Waals surface area contributed by atoms with E-state index in [2.05, 4.69) is 31.0 Å². The van der Waals surface area contributed by atoms with Crippen molar-refractivity contribution in [1.82, 2.24) is 10.2 Å². The Kier molecular flexibility index (Phi) is 5.88. The topological polar surface area (TPSA) is 35.5 Å². The molecule has 20 heavy (non-hydrogen) atoms. The van der Waals surface area contributed by atoms with E-state index in [0.29, 0.717) is 12.5 Å². The number of nitrogens with zero attached hydrogens (tertiary/aromatic N) is 1. The molecule has 3 heteroatoms. The Hall–Kier alpha value is -0.120. The molecule has 118 valence electrons. The molecule has 0 aromatic carbocycles. The number of rotatable bonds is 6. The first-order valence-electron chi connectivity index (χ1n) is 8.71. The molecule has 0 aromatic rings. The van der Waals surface area contributed by atoms with Crippen molar-refractivity contribution in [3.05, 3.63) is 0 Å². The van der Waals surface area contributed by atoms with Crippen LogP contribution in [0.15, 0.2) is 0 Å². The second-order valence-electron chi connectivity index (χ2n) is 7.24. The minimum atomic E-state index is 0.0149. The van der Waals surface area contributed by atoms with Gasteiger partial charge in [-0.1, -0.05) is 20.3 Å². The lowest BCUT2D eigenvalue weighted by atomic mass is 9.84. The largest absolute Gasteiger partial charge is 0.394 e. The third kappa shape index (κ3) is 3.55. The predicted molar refractivity (Wildman–Crippen MR) is 84.9 cm³/mol. The van der Waals surface area contributed by atoms with Crippen LogP contribution in [0.4, 0.5) is 0 Å². The molecular formula is C17H34N2O. The van der Waals surface area contributed by atoms with Crippen LogP contribution in [0.5, 0.6) is 0 Å². The summed E-state index contributed by atoms with van der Waals surface area (Å²) in [5.41, 5.74) is 0.0149. The van der Waals surface area contributed by atoms with Crippen LogP contribution in [0.25, 0.3) is 0 Å². The highest BCUT2D eigenvalue weighted by molar-refractivity contribution is 4.99. The van der Waals surface area contributed by atoms with Crippen LogP contribution >= 0.6 is 0 Å². The maximum absolute atomic E-state index is 9.87. The third-order valence-electron chi connectivity index (χ3n) is 5.81. The quantitative estimate of drug-likeness (QED) is 0.786. The average molecular weight is 282 g/mol. The summed E-state index contributed by atoms with van der Waals surface area (Å²) in [6, 6.07) is 0.739. The van der Waals surface area contributed by atoms with Gasteiger partial charge >= 0.3 is 0 Å². The Morgan fingerprint density at radius 1 is 1.30 bits per heavy atom. The number of hydrogen-bond acceptors (Lipinski definition) is 3. The van der Waals surface area contributed by atoms with Gasteiger partial charge in [-0.15, -0.1) is 0 Å². The molecule has 2 rings (SSSR count). The second kappa shape index (κ2) is 7.24.